The summed E-state index contributed by atoms with van der Waals surface area (Å²) in [4.78, 5) is 24.2. The molecule has 0 bridgehead atoms. The SMILES string of the molecule is CCc1cccc(CC)c1NC(=O)COC(=O)C=Cc1ccc(OC)c(OC)c1. The van der Waals surface area contributed by atoms with Crippen LogP contribution in [0.5, 0.6) is 11.5 Å². The quantitative estimate of drug-likeness (QED) is 0.511. The van der Waals surface area contributed by atoms with Crippen LogP contribution in [0.15, 0.2) is 42.5 Å². The van der Waals surface area contributed by atoms with Gasteiger partial charge >= 0.3 is 5.97 Å². The fraction of sp³-hybridized carbons (Fsp3) is 0.304. The minimum atomic E-state index is -0.602. The molecule has 0 aliphatic heterocycles. The average molecular weight is 397 g/mol. The number of methoxy groups -OCH3 is 2. The number of rotatable bonds is 9. The van der Waals surface area contributed by atoms with Crippen LogP contribution in [0.1, 0.15) is 30.5 Å². The zero-order valence-electron chi connectivity index (χ0n) is 17.3. The number of hydrogen-bond donors (Lipinski definition) is 1. The topological polar surface area (TPSA) is 73.9 Å². The van der Waals surface area contributed by atoms with E-state index < -0.39 is 5.97 Å². The molecule has 1 N–H and O–H groups in total. The molecule has 2 aromatic carbocycles. The van der Waals surface area contributed by atoms with Crippen molar-refractivity contribution in [3.63, 3.8) is 0 Å². The maximum atomic E-state index is 12.2. The molecule has 29 heavy (non-hydrogen) atoms. The van der Waals surface area contributed by atoms with Crippen molar-refractivity contribution >= 4 is 23.6 Å². The van der Waals surface area contributed by atoms with Crippen LogP contribution in [-0.4, -0.2) is 32.7 Å². The number of esters is 1. The van der Waals surface area contributed by atoms with Crippen molar-refractivity contribution in [2.45, 2.75) is 26.7 Å². The summed E-state index contributed by atoms with van der Waals surface area (Å²) in [5.74, 6) is 0.189. The van der Waals surface area contributed by atoms with Gasteiger partial charge in [0.25, 0.3) is 5.91 Å². The van der Waals surface area contributed by atoms with Crippen molar-refractivity contribution in [3.05, 3.63) is 59.2 Å². The number of carbonyl (C=O) groups is 2. The fourth-order valence-electron chi connectivity index (χ4n) is 2.88. The Morgan fingerprint density at radius 1 is 0.966 bits per heavy atom. The molecule has 0 aliphatic carbocycles. The molecule has 0 saturated heterocycles. The minimum absolute atomic E-state index is 0.351. The monoisotopic (exact) mass is 397 g/mol. The zero-order valence-corrected chi connectivity index (χ0v) is 17.3. The van der Waals surface area contributed by atoms with Gasteiger partial charge in [-0.3, -0.25) is 4.79 Å². The predicted octanol–water partition coefficient (Wildman–Crippen LogP) is 4.02. The van der Waals surface area contributed by atoms with Crippen LogP contribution in [-0.2, 0) is 27.2 Å². The van der Waals surface area contributed by atoms with E-state index in [1.165, 1.54) is 6.08 Å². The Labute approximate surface area is 171 Å². The lowest BCUT2D eigenvalue weighted by Crippen LogP contribution is -2.21. The first-order chi connectivity index (χ1) is 14.0. The lowest BCUT2D eigenvalue weighted by Gasteiger charge is -2.14. The lowest BCUT2D eigenvalue weighted by molar-refractivity contribution is -0.142. The minimum Gasteiger partial charge on any atom is -0.493 e. The third-order valence-corrected chi connectivity index (χ3v) is 4.43. The normalized spacial score (nSPS) is 10.6. The van der Waals surface area contributed by atoms with Gasteiger partial charge in [-0.15, -0.1) is 0 Å². The summed E-state index contributed by atoms with van der Waals surface area (Å²) < 4.78 is 15.5. The number of amides is 1. The molecule has 0 unspecified atom stereocenters. The van der Waals surface area contributed by atoms with Crippen LogP contribution in [0.25, 0.3) is 6.08 Å². The number of aryl methyl sites for hydroxylation is 2. The number of anilines is 1. The smallest absolute Gasteiger partial charge is 0.331 e. The molecule has 0 aliphatic rings. The molecule has 6 heteroatoms. The molecule has 0 atom stereocenters. The first-order valence-electron chi connectivity index (χ1n) is 9.49. The molecule has 154 valence electrons. The molecule has 2 rings (SSSR count). The molecular formula is C23H27NO5. The first kappa shape index (κ1) is 22.0. The van der Waals surface area contributed by atoms with Crippen molar-refractivity contribution in [1.29, 1.82) is 0 Å². The van der Waals surface area contributed by atoms with E-state index in [9.17, 15) is 9.59 Å². The molecule has 0 spiro atoms. The van der Waals surface area contributed by atoms with Gasteiger partial charge in [0.2, 0.25) is 0 Å². The summed E-state index contributed by atoms with van der Waals surface area (Å²) in [6, 6.07) is 11.2. The molecule has 0 saturated carbocycles. The molecule has 1 amide bonds. The second kappa shape index (κ2) is 10.9. The van der Waals surface area contributed by atoms with E-state index in [0.717, 1.165) is 35.2 Å². The van der Waals surface area contributed by atoms with E-state index in [4.69, 9.17) is 14.2 Å². The average Bonchev–Trinajstić information content (AvgIpc) is 2.75. The van der Waals surface area contributed by atoms with Crippen molar-refractivity contribution in [3.8, 4) is 11.5 Å². The van der Waals surface area contributed by atoms with E-state index in [1.807, 2.05) is 32.0 Å². The molecule has 0 heterocycles. The second-order valence-corrected chi connectivity index (χ2v) is 6.26. The number of hydrogen-bond acceptors (Lipinski definition) is 5. The Morgan fingerprint density at radius 2 is 1.62 bits per heavy atom. The highest BCUT2D eigenvalue weighted by atomic mass is 16.5. The summed E-state index contributed by atoms with van der Waals surface area (Å²) in [5, 5.41) is 2.87. The van der Waals surface area contributed by atoms with E-state index in [1.54, 1.807) is 38.5 Å². The molecule has 0 aromatic heterocycles. The fourth-order valence-corrected chi connectivity index (χ4v) is 2.88. The number of carbonyl (C=O) groups excluding carboxylic acids is 2. The molecule has 0 radical (unpaired) electrons. The third-order valence-electron chi connectivity index (χ3n) is 4.43. The number of benzene rings is 2. The van der Waals surface area contributed by atoms with Gasteiger partial charge in [-0.25, -0.2) is 4.79 Å². The van der Waals surface area contributed by atoms with Gasteiger partial charge in [-0.1, -0.05) is 38.1 Å². The van der Waals surface area contributed by atoms with Crippen molar-refractivity contribution in [2.24, 2.45) is 0 Å². The van der Waals surface area contributed by atoms with Gasteiger partial charge in [0, 0.05) is 11.8 Å². The first-order valence-corrected chi connectivity index (χ1v) is 9.49. The highest BCUT2D eigenvalue weighted by Crippen LogP contribution is 2.28. The molecule has 6 nitrogen and oxygen atoms in total. The summed E-state index contributed by atoms with van der Waals surface area (Å²) in [6.45, 7) is 3.71. The number of ether oxygens (including phenoxy) is 3. The van der Waals surface area contributed by atoms with E-state index in [0.29, 0.717) is 11.5 Å². The van der Waals surface area contributed by atoms with Crippen LogP contribution < -0.4 is 14.8 Å². The summed E-state index contributed by atoms with van der Waals surface area (Å²) in [6.07, 6.45) is 4.46. The number of nitrogens with one attached hydrogen (secondary N) is 1. The Kier molecular flexibility index (Phi) is 8.27. The van der Waals surface area contributed by atoms with Crippen molar-refractivity contribution in [1.82, 2.24) is 0 Å². The van der Waals surface area contributed by atoms with E-state index in [2.05, 4.69) is 5.32 Å². The Hall–Kier alpha value is -3.28. The molecular weight excluding hydrogens is 370 g/mol. The van der Waals surface area contributed by atoms with Gasteiger partial charge in [0.15, 0.2) is 18.1 Å². The summed E-state index contributed by atoms with van der Waals surface area (Å²) >= 11 is 0. The largest absolute Gasteiger partial charge is 0.493 e. The van der Waals surface area contributed by atoms with Gasteiger partial charge in [0.05, 0.1) is 14.2 Å². The van der Waals surface area contributed by atoms with Crippen LogP contribution in [0.3, 0.4) is 0 Å². The van der Waals surface area contributed by atoms with Crippen LogP contribution in [0, 0.1) is 0 Å². The highest BCUT2D eigenvalue weighted by Gasteiger charge is 2.11. The van der Waals surface area contributed by atoms with Crippen molar-refractivity contribution < 1.29 is 23.8 Å². The molecule has 2 aromatic rings. The van der Waals surface area contributed by atoms with Crippen molar-refractivity contribution in [2.75, 3.05) is 26.1 Å². The van der Waals surface area contributed by atoms with Crippen LogP contribution >= 0.6 is 0 Å². The van der Waals surface area contributed by atoms with Gasteiger partial charge in [-0.2, -0.15) is 0 Å². The Balaban J connectivity index is 1.94. The molecule has 0 fully saturated rings. The Morgan fingerprint density at radius 3 is 2.21 bits per heavy atom. The summed E-state index contributed by atoms with van der Waals surface area (Å²) in [5.41, 5.74) is 3.66. The third kappa shape index (κ3) is 6.10. The van der Waals surface area contributed by atoms with Crippen LogP contribution in [0.2, 0.25) is 0 Å². The second-order valence-electron chi connectivity index (χ2n) is 6.26. The lowest BCUT2D eigenvalue weighted by atomic mass is 10.0. The summed E-state index contributed by atoms with van der Waals surface area (Å²) in [7, 11) is 3.09. The zero-order chi connectivity index (χ0) is 21.2. The maximum Gasteiger partial charge on any atom is 0.331 e. The van der Waals surface area contributed by atoms with Gasteiger partial charge < -0.3 is 19.5 Å². The highest BCUT2D eigenvalue weighted by molar-refractivity contribution is 5.95. The van der Waals surface area contributed by atoms with E-state index in [-0.39, 0.29) is 12.5 Å². The maximum absolute atomic E-state index is 12.2. The van der Waals surface area contributed by atoms with Crippen LogP contribution in [0.4, 0.5) is 5.69 Å². The van der Waals surface area contributed by atoms with Gasteiger partial charge in [-0.05, 0) is 47.7 Å². The standard InChI is InChI=1S/C23H27NO5/c1-5-17-8-7-9-18(6-2)23(17)24-21(25)15-29-22(26)13-11-16-10-12-19(27-3)20(14-16)28-4/h7-14H,5-6,15H2,1-4H3,(H,24,25). The van der Waals surface area contributed by atoms with Gasteiger partial charge in [0.1, 0.15) is 0 Å². The Bertz CT molecular complexity index is 867. The predicted molar refractivity (Wildman–Crippen MR) is 113 cm³/mol. The number of para-hydroxylation sites is 1. The van der Waals surface area contributed by atoms with E-state index >= 15 is 0 Å².